The molecule has 1 N–H and O–H groups in total. The summed E-state index contributed by atoms with van der Waals surface area (Å²) in [4.78, 5) is 13.6. The minimum atomic E-state index is -3.65. The molecule has 4 rings (SSSR count). The van der Waals surface area contributed by atoms with E-state index in [-0.39, 0.29) is 28.0 Å². The van der Waals surface area contributed by atoms with Crippen molar-refractivity contribution in [3.63, 3.8) is 0 Å². The Morgan fingerprint density at radius 1 is 1.15 bits per heavy atom. The van der Waals surface area contributed by atoms with Gasteiger partial charge >= 0.3 is 0 Å². The fraction of sp³-hybridized carbons (Fsp3) is 0.480. The van der Waals surface area contributed by atoms with Crippen LogP contribution in [0.3, 0.4) is 0 Å². The lowest BCUT2D eigenvalue weighted by atomic mass is 9.83. The van der Waals surface area contributed by atoms with Gasteiger partial charge in [0.15, 0.2) is 0 Å². The quantitative estimate of drug-likeness (QED) is 0.650. The van der Waals surface area contributed by atoms with Crippen molar-refractivity contribution in [2.45, 2.75) is 62.5 Å². The summed E-state index contributed by atoms with van der Waals surface area (Å²) in [6.45, 7) is 5.19. The molecule has 8 heteroatoms. The highest BCUT2D eigenvalue weighted by Crippen LogP contribution is 2.43. The molecule has 0 radical (unpaired) electrons. The SMILES string of the molecule is CCC1(CC)C[C@H](NC(=O)c2cc(S(=O)(=O)N3CCCC3)ccc2OC)c2ccccc2O1. The highest BCUT2D eigenvalue weighted by atomic mass is 32.2. The van der Waals surface area contributed by atoms with Crippen LogP contribution in [0.15, 0.2) is 47.4 Å². The second kappa shape index (κ2) is 9.35. The number of rotatable bonds is 7. The zero-order valence-electron chi connectivity index (χ0n) is 19.5. The molecule has 0 aromatic heterocycles. The number of nitrogens with one attached hydrogen (secondary N) is 1. The van der Waals surface area contributed by atoms with Gasteiger partial charge in [-0.15, -0.1) is 0 Å². The lowest BCUT2D eigenvalue weighted by Gasteiger charge is -2.41. The van der Waals surface area contributed by atoms with E-state index in [4.69, 9.17) is 9.47 Å². The Labute approximate surface area is 196 Å². The van der Waals surface area contributed by atoms with Crippen LogP contribution in [0.25, 0.3) is 0 Å². The van der Waals surface area contributed by atoms with E-state index in [9.17, 15) is 13.2 Å². The number of amides is 1. The predicted molar refractivity (Wildman–Crippen MR) is 126 cm³/mol. The summed E-state index contributed by atoms with van der Waals surface area (Å²) in [5, 5.41) is 3.13. The van der Waals surface area contributed by atoms with Gasteiger partial charge in [-0.2, -0.15) is 4.31 Å². The molecule has 2 aliphatic rings. The molecule has 2 aromatic rings. The minimum absolute atomic E-state index is 0.110. The maximum Gasteiger partial charge on any atom is 0.255 e. The Bertz CT molecular complexity index is 1120. The van der Waals surface area contributed by atoms with Crippen LogP contribution < -0.4 is 14.8 Å². The van der Waals surface area contributed by atoms with E-state index in [0.717, 1.165) is 37.0 Å². The molecule has 1 amide bonds. The zero-order valence-corrected chi connectivity index (χ0v) is 20.3. The predicted octanol–water partition coefficient (Wildman–Crippen LogP) is 4.29. The summed E-state index contributed by atoms with van der Waals surface area (Å²) in [5.41, 5.74) is 0.765. The van der Waals surface area contributed by atoms with Crippen LogP contribution in [0, 0.1) is 0 Å². The molecule has 0 bridgehead atoms. The first-order chi connectivity index (χ1) is 15.8. The number of methoxy groups -OCH3 is 1. The number of carbonyl (C=O) groups excluding carboxylic acids is 1. The molecule has 2 heterocycles. The third-order valence-electron chi connectivity index (χ3n) is 6.91. The molecule has 2 aliphatic heterocycles. The molecule has 0 unspecified atom stereocenters. The third kappa shape index (κ3) is 4.46. The zero-order chi connectivity index (χ0) is 23.6. The van der Waals surface area contributed by atoms with Crippen LogP contribution in [0.5, 0.6) is 11.5 Å². The molecule has 0 spiro atoms. The van der Waals surface area contributed by atoms with E-state index in [1.807, 2.05) is 24.3 Å². The Morgan fingerprint density at radius 3 is 2.52 bits per heavy atom. The first kappa shape index (κ1) is 23.6. The van der Waals surface area contributed by atoms with E-state index in [2.05, 4.69) is 19.2 Å². The van der Waals surface area contributed by atoms with Crippen molar-refractivity contribution < 1.29 is 22.7 Å². The average Bonchev–Trinajstić information content (AvgIpc) is 3.39. The van der Waals surface area contributed by atoms with E-state index < -0.39 is 10.0 Å². The van der Waals surface area contributed by atoms with Crippen LogP contribution in [0.1, 0.15) is 67.9 Å². The Morgan fingerprint density at radius 2 is 1.85 bits per heavy atom. The summed E-state index contributed by atoms with van der Waals surface area (Å²) >= 11 is 0. The van der Waals surface area contributed by atoms with Crippen LogP contribution in [0.4, 0.5) is 0 Å². The van der Waals surface area contributed by atoms with E-state index >= 15 is 0 Å². The molecule has 2 aromatic carbocycles. The maximum atomic E-state index is 13.5. The standard InChI is InChI=1S/C25H32N2O5S/c1-4-25(5-2)17-21(19-10-6-7-11-23(19)32-25)26-24(28)20-16-18(12-13-22(20)31-3)33(29,30)27-14-8-9-15-27/h6-7,10-13,16,21H,4-5,8-9,14-15,17H2,1-3H3,(H,26,28)/t21-/m0/s1. The molecular formula is C25H32N2O5S. The fourth-order valence-corrected chi connectivity index (χ4v) is 6.31. The number of hydrogen-bond acceptors (Lipinski definition) is 5. The minimum Gasteiger partial charge on any atom is -0.496 e. The van der Waals surface area contributed by atoms with Gasteiger partial charge in [0, 0.05) is 25.1 Å². The van der Waals surface area contributed by atoms with Crippen molar-refractivity contribution in [1.82, 2.24) is 9.62 Å². The highest BCUT2D eigenvalue weighted by molar-refractivity contribution is 7.89. The number of fused-ring (bicyclic) bond motifs is 1. The van der Waals surface area contributed by atoms with E-state index in [0.29, 0.717) is 25.3 Å². The van der Waals surface area contributed by atoms with Crippen LogP contribution in [-0.4, -0.2) is 44.4 Å². The lowest BCUT2D eigenvalue weighted by Crippen LogP contribution is -2.44. The molecule has 0 saturated carbocycles. The summed E-state index contributed by atoms with van der Waals surface area (Å²) in [6, 6.07) is 12.0. The molecule has 7 nitrogen and oxygen atoms in total. The number of para-hydroxylation sites is 1. The van der Waals surface area contributed by atoms with Crippen molar-refractivity contribution in [2.24, 2.45) is 0 Å². The maximum absolute atomic E-state index is 13.5. The van der Waals surface area contributed by atoms with Crippen molar-refractivity contribution in [1.29, 1.82) is 0 Å². The number of ether oxygens (including phenoxy) is 2. The Balaban J connectivity index is 1.67. The van der Waals surface area contributed by atoms with Crippen molar-refractivity contribution in [3.05, 3.63) is 53.6 Å². The lowest BCUT2D eigenvalue weighted by molar-refractivity contribution is 0.0227. The van der Waals surface area contributed by atoms with E-state index in [1.54, 1.807) is 6.07 Å². The Hall–Kier alpha value is -2.58. The Kier molecular flexibility index (Phi) is 6.68. The fourth-order valence-electron chi connectivity index (χ4n) is 4.77. The largest absolute Gasteiger partial charge is 0.496 e. The second-order valence-corrected chi connectivity index (χ2v) is 10.7. The van der Waals surface area contributed by atoms with Gasteiger partial charge in [-0.1, -0.05) is 32.0 Å². The molecule has 178 valence electrons. The summed E-state index contributed by atoms with van der Waals surface area (Å²) in [7, 11) is -2.17. The number of sulfonamides is 1. The highest BCUT2D eigenvalue weighted by Gasteiger charge is 2.39. The van der Waals surface area contributed by atoms with Gasteiger partial charge < -0.3 is 14.8 Å². The van der Waals surface area contributed by atoms with Crippen LogP contribution >= 0.6 is 0 Å². The normalized spacial score (nSPS) is 20.0. The van der Waals surface area contributed by atoms with Gasteiger partial charge in [-0.25, -0.2) is 8.42 Å². The molecule has 1 saturated heterocycles. The monoisotopic (exact) mass is 472 g/mol. The number of nitrogens with zero attached hydrogens (tertiary/aromatic N) is 1. The van der Waals surface area contributed by atoms with Crippen LogP contribution in [0.2, 0.25) is 0 Å². The molecule has 0 aliphatic carbocycles. The van der Waals surface area contributed by atoms with Crippen LogP contribution in [-0.2, 0) is 10.0 Å². The molecular weight excluding hydrogens is 440 g/mol. The van der Waals surface area contributed by atoms with Gasteiger partial charge in [0.25, 0.3) is 5.91 Å². The summed E-state index contributed by atoms with van der Waals surface area (Å²) in [6.07, 6.45) is 3.97. The van der Waals surface area contributed by atoms with Gasteiger partial charge in [0.2, 0.25) is 10.0 Å². The number of carbonyl (C=O) groups is 1. The van der Waals surface area contributed by atoms with Gasteiger partial charge in [-0.05, 0) is 49.9 Å². The average molecular weight is 473 g/mol. The topological polar surface area (TPSA) is 84.9 Å². The van der Waals surface area contributed by atoms with Crippen molar-refractivity contribution in [2.75, 3.05) is 20.2 Å². The first-order valence-electron chi connectivity index (χ1n) is 11.6. The van der Waals surface area contributed by atoms with Gasteiger partial charge in [-0.3, -0.25) is 4.79 Å². The van der Waals surface area contributed by atoms with Gasteiger partial charge in [0.05, 0.1) is 23.6 Å². The van der Waals surface area contributed by atoms with Gasteiger partial charge in [0.1, 0.15) is 17.1 Å². The molecule has 1 fully saturated rings. The first-order valence-corrected chi connectivity index (χ1v) is 13.0. The van der Waals surface area contributed by atoms with Crippen molar-refractivity contribution >= 4 is 15.9 Å². The smallest absolute Gasteiger partial charge is 0.255 e. The summed E-state index contributed by atoms with van der Waals surface area (Å²) in [5.74, 6) is 0.744. The van der Waals surface area contributed by atoms with E-state index in [1.165, 1.54) is 23.5 Å². The third-order valence-corrected chi connectivity index (χ3v) is 8.80. The number of benzene rings is 2. The van der Waals surface area contributed by atoms with Crippen molar-refractivity contribution in [3.8, 4) is 11.5 Å². The second-order valence-electron chi connectivity index (χ2n) is 8.73. The molecule has 1 atom stereocenters. The molecule has 33 heavy (non-hydrogen) atoms. The number of hydrogen-bond donors (Lipinski definition) is 1. The summed E-state index contributed by atoms with van der Waals surface area (Å²) < 4.78 is 39.3.